The van der Waals surface area contributed by atoms with Crippen LogP contribution < -0.4 is 5.73 Å². The van der Waals surface area contributed by atoms with E-state index in [1.165, 1.54) is 11.1 Å². The highest BCUT2D eigenvalue weighted by Crippen LogP contribution is 2.39. The van der Waals surface area contributed by atoms with Crippen molar-refractivity contribution in [3.05, 3.63) is 47.1 Å². The molecule has 1 unspecified atom stereocenters. The van der Waals surface area contributed by atoms with Gasteiger partial charge < -0.3 is 10.3 Å². The van der Waals surface area contributed by atoms with Crippen LogP contribution in [-0.2, 0) is 18.4 Å². The molecule has 0 radical (unpaired) electrons. The van der Waals surface area contributed by atoms with Crippen LogP contribution in [0.25, 0.3) is 0 Å². The fourth-order valence-corrected chi connectivity index (χ4v) is 3.29. The zero-order valence-corrected chi connectivity index (χ0v) is 11.5. The van der Waals surface area contributed by atoms with Crippen molar-refractivity contribution < 1.29 is 4.52 Å². The lowest BCUT2D eigenvalue weighted by Gasteiger charge is -2.33. The SMILES string of the molecule is NC1(c2nc(C3CCc4ccccc4C3)no2)CCC1. The summed E-state index contributed by atoms with van der Waals surface area (Å²) in [7, 11) is 0. The Morgan fingerprint density at radius 3 is 2.75 bits per heavy atom. The normalized spacial score (nSPS) is 23.9. The lowest BCUT2D eigenvalue weighted by molar-refractivity contribution is 0.181. The third-order valence-corrected chi connectivity index (χ3v) is 4.83. The molecule has 1 saturated carbocycles. The maximum absolute atomic E-state index is 6.25. The molecule has 0 aliphatic heterocycles. The van der Waals surface area contributed by atoms with Gasteiger partial charge >= 0.3 is 0 Å². The number of nitrogens with zero attached hydrogens (tertiary/aromatic N) is 2. The molecule has 2 N–H and O–H groups in total. The molecule has 20 heavy (non-hydrogen) atoms. The molecule has 4 heteroatoms. The van der Waals surface area contributed by atoms with Crippen molar-refractivity contribution in [3.8, 4) is 0 Å². The van der Waals surface area contributed by atoms with E-state index in [4.69, 9.17) is 10.3 Å². The number of aryl methyl sites for hydroxylation is 1. The highest BCUT2D eigenvalue weighted by atomic mass is 16.5. The summed E-state index contributed by atoms with van der Waals surface area (Å²) in [6.07, 6.45) is 6.27. The molecule has 4 nitrogen and oxygen atoms in total. The molecule has 2 aliphatic rings. The Balaban J connectivity index is 1.57. The van der Waals surface area contributed by atoms with Gasteiger partial charge in [0.25, 0.3) is 0 Å². The molecule has 104 valence electrons. The molecule has 1 atom stereocenters. The molecule has 4 rings (SSSR count). The van der Waals surface area contributed by atoms with Gasteiger partial charge in [-0.3, -0.25) is 0 Å². The van der Waals surface area contributed by atoms with Crippen molar-refractivity contribution in [1.82, 2.24) is 10.1 Å². The summed E-state index contributed by atoms with van der Waals surface area (Å²) in [6, 6.07) is 8.64. The van der Waals surface area contributed by atoms with Crippen LogP contribution >= 0.6 is 0 Å². The quantitative estimate of drug-likeness (QED) is 0.910. The van der Waals surface area contributed by atoms with Crippen molar-refractivity contribution >= 4 is 0 Å². The van der Waals surface area contributed by atoms with Gasteiger partial charge in [-0.05, 0) is 49.7 Å². The van der Waals surface area contributed by atoms with E-state index >= 15 is 0 Å². The van der Waals surface area contributed by atoms with Gasteiger partial charge in [-0.25, -0.2) is 0 Å². The standard InChI is InChI=1S/C16H19N3O/c17-16(8-3-9-16)15-18-14(19-20-15)13-7-6-11-4-1-2-5-12(11)10-13/h1-2,4-5,13H,3,6-10,17H2. The van der Waals surface area contributed by atoms with Crippen molar-refractivity contribution in [2.45, 2.75) is 50.0 Å². The second-order valence-corrected chi connectivity index (χ2v) is 6.18. The van der Waals surface area contributed by atoms with E-state index in [2.05, 4.69) is 34.4 Å². The largest absolute Gasteiger partial charge is 0.337 e. The summed E-state index contributed by atoms with van der Waals surface area (Å²) in [5, 5.41) is 4.19. The molecule has 0 spiro atoms. The average Bonchev–Trinajstić information content (AvgIpc) is 2.94. The molecule has 0 saturated heterocycles. The second-order valence-electron chi connectivity index (χ2n) is 6.18. The van der Waals surface area contributed by atoms with Gasteiger partial charge in [0, 0.05) is 5.92 Å². The van der Waals surface area contributed by atoms with Crippen LogP contribution in [0.4, 0.5) is 0 Å². The van der Waals surface area contributed by atoms with Gasteiger partial charge in [0.2, 0.25) is 5.89 Å². The van der Waals surface area contributed by atoms with Crippen molar-refractivity contribution in [1.29, 1.82) is 0 Å². The Morgan fingerprint density at radius 2 is 2.00 bits per heavy atom. The predicted molar refractivity (Wildman–Crippen MR) is 75.2 cm³/mol. The Kier molecular flexibility index (Phi) is 2.67. The maximum Gasteiger partial charge on any atom is 0.246 e. The Hall–Kier alpha value is -1.68. The highest BCUT2D eigenvalue weighted by molar-refractivity contribution is 5.31. The summed E-state index contributed by atoms with van der Waals surface area (Å²) < 4.78 is 5.43. The van der Waals surface area contributed by atoms with Gasteiger partial charge in [0.05, 0.1) is 5.54 Å². The molecule has 0 amide bonds. The van der Waals surface area contributed by atoms with Crippen LogP contribution in [0, 0.1) is 0 Å². The van der Waals surface area contributed by atoms with Crippen LogP contribution in [0.2, 0.25) is 0 Å². The molecule has 2 aromatic rings. The minimum absolute atomic E-state index is 0.349. The maximum atomic E-state index is 6.25. The van der Waals surface area contributed by atoms with Crippen LogP contribution in [-0.4, -0.2) is 10.1 Å². The Labute approximate surface area is 118 Å². The highest BCUT2D eigenvalue weighted by Gasteiger charge is 2.40. The van der Waals surface area contributed by atoms with Crippen LogP contribution in [0.1, 0.15) is 54.4 Å². The minimum Gasteiger partial charge on any atom is -0.337 e. The summed E-state index contributed by atoms with van der Waals surface area (Å²) in [6.45, 7) is 0. The molecule has 1 aromatic carbocycles. The number of hydrogen-bond donors (Lipinski definition) is 1. The number of fused-ring (bicyclic) bond motifs is 1. The van der Waals surface area contributed by atoms with Crippen LogP contribution in [0.5, 0.6) is 0 Å². The molecular formula is C16H19N3O. The number of benzene rings is 1. The lowest BCUT2D eigenvalue weighted by atomic mass is 9.77. The summed E-state index contributed by atoms with van der Waals surface area (Å²) in [5.41, 5.74) is 8.78. The lowest BCUT2D eigenvalue weighted by Crippen LogP contribution is -2.43. The van der Waals surface area contributed by atoms with E-state index in [1.807, 2.05) is 0 Å². The molecule has 1 fully saturated rings. The number of rotatable bonds is 2. The molecule has 1 heterocycles. The molecule has 1 aromatic heterocycles. The first-order valence-corrected chi connectivity index (χ1v) is 7.44. The van der Waals surface area contributed by atoms with E-state index in [0.717, 1.165) is 44.3 Å². The second kappa shape index (κ2) is 4.42. The zero-order chi connectivity index (χ0) is 13.6. The monoisotopic (exact) mass is 269 g/mol. The summed E-state index contributed by atoms with van der Waals surface area (Å²) >= 11 is 0. The first kappa shape index (κ1) is 12.1. The summed E-state index contributed by atoms with van der Waals surface area (Å²) in [5.74, 6) is 1.84. The first-order valence-electron chi connectivity index (χ1n) is 7.44. The molecular weight excluding hydrogens is 250 g/mol. The fourth-order valence-electron chi connectivity index (χ4n) is 3.29. The third-order valence-electron chi connectivity index (χ3n) is 4.83. The molecule has 0 bridgehead atoms. The van der Waals surface area contributed by atoms with Gasteiger partial charge in [-0.2, -0.15) is 4.98 Å². The van der Waals surface area contributed by atoms with Gasteiger partial charge in [-0.15, -0.1) is 0 Å². The first-order chi connectivity index (χ1) is 9.74. The number of aromatic nitrogens is 2. The minimum atomic E-state index is -0.349. The van der Waals surface area contributed by atoms with Crippen LogP contribution in [0.3, 0.4) is 0 Å². The molecule has 2 aliphatic carbocycles. The Morgan fingerprint density at radius 1 is 1.20 bits per heavy atom. The fraction of sp³-hybridized carbons (Fsp3) is 0.500. The number of nitrogens with two attached hydrogens (primary N) is 1. The average molecular weight is 269 g/mol. The van der Waals surface area contributed by atoms with Crippen molar-refractivity contribution in [3.63, 3.8) is 0 Å². The smallest absolute Gasteiger partial charge is 0.246 e. The Bertz CT molecular complexity index is 630. The van der Waals surface area contributed by atoms with Gasteiger partial charge in [0.1, 0.15) is 0 Å². The van der Waals surface area contributed by atoms with Crippen molar-refractivity contribution in [2.75, 3.05) is 0 Å². The topological polar surface area (TPSA) is 64.9 Å². The van der Waals surface area contributed by atoms with E-state index in [0.29, 0.717) is 11.8 Å². The van der Waals surface area contributed by atoms with E-state index in [-0.39, 0.29) is 5.54 Å². The van der Waals surface area contributed by atoms with Crippen LogP contribution in [0.15, 0.2) is 28.8 Å². The van der Waals surface area contributed by atoms with E-state index < -0.39 is 0 Å². The van der Waals surface area contributed by atoms with E-state index in [1.54, 1.807) is 0 Å². The van der Waals surface area contributed by atoms with Crippen molar-refractivity contribution in [2.24, 2.45) is 5.73 Å². The van der Waals surface area contributed by atoms with Gasteiger partial charge in [-0.1, -0.05) is 29.4 Å². The van der Waals surface area contributed by atoms with E-state index in [9.17, 15) is 0 Å². The number of hydrogen-bond acceptors (Lipinski definition) is 4. The summed E-state index contributed by atoms with van der Waals surface area (Å²) in [4.78, 5) is 4.60. The third kappa shape index (κ3) is 1.86. The predicted octanol–water partition coefficient (Wildman–Crippen LogP) is 2.68. The van der Waals surface area contributed by atoms with Gasteiger partial charge in [0.15, 0.2) is 5.82 Å². The zero-order valence-electron chi connectivity index (χ0n) is 11.5.